The van der Waals surface area contributed by atoms with Gasteiger partial charge in [-0.2, -0.15) is 0 Å². The van der Waals surface area contributed by atoms with Crippen LogP contribution in [-0.4, -0.2) is 32.8 Å². The van der Waals surface area contributed by atoms with E-state index in [-0.39, 0.29) is 12.5 Å². The average molecular weight is 292 g/mol. The van der Waals surface area contributed by atoms with Gasteiger partial charge in [0.1, 0.15) is 10.8 Å². The zero-order valence-electron chi connectivity index (χ0n) is 10.0. The highest BCUT2D eigenvalue weighted by molar-refractivity contribution is 6.42. The third-order valence-electron chi connectivity index (χ3n) is 2.12. The van der Waals surface area contributed by atoms with Crippen molar-refractivity contribution >= 4 is 29.1 Å². The minimum Gasteiger partial charge on any atom is -0.482 e. The third kappa shape index (κ3) is 5.12. The van der Waals surface area contributed by atoms with Crippen LogP contribution in [0.2, 0.25) is 10.0 Å². The topological polar surface area (TPSA) is 47.6 Å². The van der Waals surface area contributed by atoms with Crippen LogP contribution in [-0.2, 0) is 9.53 Å². The van der Waals surface area contributed by atoms with Gasteiger partial charge in [-0.15, -0.1) is 0 Å². The Morgan fingerprint density at radius 2 is 2.17 bits per heavy atom. The van der Waals surface area contributed by atoms with Gasteiger partial charge in [0.25, 0.3) is 5.91 Å². The van der Waals surface area contributed by atoms with E-state index in [4.69, 9.17) is 32.7 Å². The average Bonchev–Trinajstić information content (AvgIpc) is 2.36. The number of methoxy groups -OCH3 is 1. The summed E-state index contributed by atoms with van der Waals surface area (Å²) in [5.74, 6) is 0.193. The molecule has 0 heterocycles. The lowest BCUT2D eigenvalue weighted by atomic mass is 10.3. The molecule has 0 radical (unpaired) electrons. The van der Waals surface area contributed by atoms with Crippen molar-refractivity contribution in [3.05, 3.63) is 28.2 Å². The second kappa shape index (κ2) is 8.19. The summed E-state index contributed by atoms with van der Waals surface area (Å²) in [5.41, 5.74) is 0. The first-order chi connectivity index (χ1) is 8.65. The van der Waals surface area contributed by atoms with Crippen LogP contribution in [0.4, 0.5) is 0 Å². The number of carbonyl (C=O) groups excluding carboxylic acids is 1. The van der Waals surface area contributed by atoms with Crippen molar-refractivity contribution in [1.29, 1.82) is 0 Å². The fourth-order valence-corrected chi connectivity index (χ4v) is 1.58. The number of hydrogen-bond donors (Lipinski definition) is 1. The van der Waals surface area contributed by atoms with Crippen molar-refractivity contribution in [1.82, 2.24) is 5.32 Å². The van der Waals surface area contributed by atoms with E-state index in [1.165, 1.54) is 0 Å². The maximum Gasteiger partial charge on any atom is 0.257 e. The first-order valence-corrected chi connectivity index (χ1v) is 6.23. The van der Waals surface area contributed by atoms with Gasteiger partial charge in [0, 0.05) is 20.3 Å². The number of hydrogen-bond acceptors (Lipinski definition) is 3. The summed E-state index contributed by atoms with van der Waals surface area (Å²) in [4.78, 5) is 11.4. The maximum absolute atomic E-state index is 11.4. The standard InChI is InChI=1S/C12H15Cl2NO3/c1-17-7-3-6-15-11(16)8-18-10-5-2-4-9(13)12(10)14/h2,4-5H,3,6-8H2,1H3,(H,15,16). The molecule has 1 rings (SSSR count). The SMILES string of the molecule is COCCCNC(=O)COc1cccc(Cl)c1Cl. The van der Waals surface area contributed by atoms with Crippen LogP contribution in [0.25, 0.3) is 0 Å². The second-order valence-electron chi connectivity index (χ2n) is 3.54. The van der Waals surface area contributed by atoms with Crippen molar-refractivity contribution in [3.8, 4) is 5.75 Å². The Morgan fingerprint density at radius 1 is 1.39 bits per heavy atom. The molecule has 0 aromatic heterocycles. The Bertz CT molecular complexity index is 399. The van der Waals surface area contributed by atoms with E-state index in [0.29, 0.717) is 28.9 Å². The minimum atomic E-state index is -0.206. The van der Waals surface area contributed by atoms with Gasteiger partial charge < -0.3 is 14.8 Å². The van der Waals surface area contributed by atoms with Crippen molar-refractivity contribution < 1.29 is 14.3 Å². The molecule has 0 spiro atoms. The molecule has 1 amide bonds. The van der Waals surface area contributed by atoms with Crippen LogP contribution in [0.15, 0.2) is 18.2 Å². The molecule has 100 valence electrons. The largest absolute Gasteiger partial charge is 0.482 e. The van der Waals surface area contributed by atoms with Gasteiger partial charge in [-0.25, -0.2) is 0 Å². The van der Waals surface area contributed by atoms with Gasteiger partial charge in [-0.1, -0.05) is 29.3 Å². The molecular weight excluding hydrogens is 277 g/mol. The lowest BCUT2D eigenvalue weighted by Gasteiger charge is -2.09. The fraction of sp³-hybridized carbons (Fsp3) is 0.417. The molecule has 1 aromatic rings. The molecular formula is C12H15Cl2NO3. The summed E-state index contributed by atoms with van der Waals surface area (Å²) in [6.07, 6.45) is 0.764. The zero-order chi connectivity index (χ0) is 13.4. The van der Waals surface area contributed by atoms with Gasteiger partial charge in [0.2, 0.25) is 0 Å². The van der Waals surface area contributed by atoms with Crippen LogP contribution in [0, 0.1) is 0 Å². The van der Waals surface area contributed by atoms with Crippen molar-refractivity contribution in [3.63, 3.8) is 0 Å². The Morgan fingerprint density at radius 3 is 2.89 bits per heavy atom. The predicted octanol–water partition coefficient (Wildman–Crippen LogP) is 2.52. The quantitative estimate of drug-likeness (QED) is 0.786. The van der Waals surface area contributed by atoms with Crippen LogP contribution < -0.4 is 10.1 Å². The summed E-state index contributed by atoms with van der Waals surface area (Å²) in [6.45, 7) is 1.08. The van der Waals surface area contributed by atoms with Crippen molar-refractivity contribution in [2.75, 3.05) is 26.9 Å². The molecule has 0 unspecified atom stereocenters. The third-order valence-corrected chi connectivity index (χ3v) is 2.92. The first-order valence-electron chi connectivity index (χ1n) is 5.47. The predicted molar refractivity (Wildman–Crippen MR) is 71.5 cm³/mol. The molecule has 0 aliphatic carbocycles. The van der Waals surface area contributed by atoms with Crippen LogP contribution in [0.5, 0.6) is 5.75 Å². The molecule has 0 saturated heterocycles. The molecule has 1 aromatic carbocycles. The summed E-state index contributed by atoms with van der Waals surface area (Å²) < 4.78 is 10.1. The molecule has 4 nitrogen and oxygen atoms in total. The number of ether oxygens (including phenoxy) is 2. The molecule has 0 saturated carbocycles. The molecule has 0 aliphatic rings. The van der Waals surface area contributed by atoms with E-state index in [9.17, 15) is 4.79 Å². The fourth-order valence-electron chi connectivity index (χ4n) is 1.23. The number of amides is 1. The number of rotatable bonds is 7. The number of carbonyl (C=O) groups is 1. The Hall–Kier alpha value is -0.970. The summed E-state index contributed by atoms with van der Waals surface area (Å²) in [7, 11) is 1.62. The van der Waals surface area contributed by atoms with E-state index in [1.807, 2.05) is 0 Å². The molecule has 0 atom stereocenters. The van der Waals surface area contributed by atoms with Gasteiger partial charge in [0.15, 0.2) is 6.61 Å². The smallest absolute Gasteiger partial charge is 0.257 e. The number of nitrogens with one attached hydrogen (secondary N) is 1. The molecule has 18 heavy (non-hydrogen) atoms. The lowest BCUT2D eigenvalue weighted by molar-refractivity contribution is -0.123. The lowest BCUT2D eigenvalue weighted by Crippen LogP contribution is -2.30. The molecule has 0 fully saturated rings. The molecule has 0 bridgehead atoms. The van der Waals surface area contributed by atoms with Crippen molar-refractivity contribution in [2.24, 2.45) is 0 Å². The number of benzene rings is 1. The first kappa shape index (κ1) is 15.1. The van der Waals surface area contributed by atoms with E-state index < -0.39 is 0 Å². The van der Waals surface area contributed by atoms with Crippen molar-refractivity contribution in [2.45, 2.75) is 6.42 Å². The Kier molecular flexibility index (Phi) is 6.86. The van der Waals surface area contributed by atoms with Gasteiger partial charge in [0.05, 0.1) is 5.02 Å². The Balaban J connectivity index is 2.32. The Labute approximate surface area is 116 Å². The van der Waals surface area contributed by atoms with E-state index in [0.717, 1.165) is 6.42 Å². The zero-order valence-corrected chi connectivity index (χ0v) is 11.6. The highest BCUT2D eigenvalue weighted by atomic mass is 35.5. The maximum atomic E-state index is 11.4. The van der Waals surface area contributed by atoms with Gasteiger partial charge in [-0.3, -0.25) is 4.79 Å². The molecule has 1 N–H and O–H groups in total. The monoisotopic (exact) mass is 291 g/mol. The summed E-state index contributed by atoms with van der Waals surface area (Å²) >= 11 is 11.7. The van der Waals surface area contributed by atoms with E-state index in [1.54, 1.807) is 25.3 Å². The summed E-state index contributed by atoms with van der Waals surface area (Å²) in [5, 5.41) is 3.41. The van der Waals surface area contributed by atoms with E-state index >= 15 is 0 Å². The van der Waals surface area contributed by atoms with Gasteiger partial charge >= 0.3 is 0 Å². The van der Waals surface area contributed by atoms with Crippen LogP contribution in [0.1, 0.15) is 6.42 Å². The number of halogens is 2. The van der Waals surface area contributed by atoms with Crippen LogP contribution >= 0.6 is 23.2 Å². The molecule has 6 heteroatoms. The molecule has 0 aliphatic heterocycles. The van der Waals surface area contributed by atoms with Gasteiger partial charge in [-0.05, 0) is 18.6 Å². The van der Waals surface area contributed by atoms with Crippen LogP contribution in [0.3, 0.4) is 0 Å². The highest BCUT2D eigenvalue weighted by Crippen LogP contribution is 2.31. The van der Waals surface area contributed by atoms with E-state index in [2.05, 4.69) is 5.32 Å². The summed E-state index contributed by atoms with van der Waals surface area (Å²) in [6, 6.07) is 5.02. The minimum absolute atomic E-state index is 0.0902. The highest BCUT2D eigenvalue weighted by Gasteiger charge is 2.07. The normalized spacial score (nSPS) is 10.2. The second-order valence-corrected chi connectivity index (χ2v) is 4.32.